The molecular weight excluding hydrogens is 340 g/mol. The van der Waals surface area contributed by atoms with Crippen LogP contribution in [-0.4, -0.2) is 48.9 Å². The molecule has 0 atom stereocenters. The van der Waals surface area contributed by atoms with Crippen LogP contribution in [-0.2, 0) is 0 Å². The lowest BCUT2D eigenvalue weighted by molar-refractivity contribution is 0.0691. The van der Waals surface area contributed by atoms with Crippen molar-refractivity contribution >= 4 is 23.2 Å². The van der Waals surface area contributed by atoms with E-state index in [1.54, 1.807) is 18.2 Å². The van der Waals surface area contributed by atoms with Crippen LogP contribution in [0.5, 0.6) is 0 Å². The van der Waals surface area contributed by atoms with Crippen molar-refractivity contribution in [2.75, 3.05) is 37.4 Å². The molecule has 1 aliphatic heterocycles. The number of rotatable bonds is 4. The Morgan fingerprint density at radius 3 is 2.30 bits per heavy atom. The average molecular weight is 366 g/mol. The molecule has 0 saturated carbocycles. The molecule has 1 aromatic carbocycles. The lowest BCUT2D eigenvalue weighted by atomic mass is 9.99. The fraction of sp³-hybridized carbons (Fsp3) is 0.381. The van der Waals surface area contributed by atoms with Crippen molar-refractivity contribution in [1.29, 1.82) is 0 Å². The summed E-state index contributed by atoms with van der Waals surface area (Å²) in [5.74, 6) is 0.222. The first-order valence-electron chi connectivity index (χ1n) is 9.29. The van der Waals surface area contributed by atoms with Crippen molar-refractivity contribution < 1.29 is 9.59 Å². The van der Waals surface area contributed by atoms with Crippen molar-refractivity contribution in [2.24, 2.45) is 5.92 Å². The molecule has 2 heterocycles. The van der Waals surface area contributed by atoms with Gasteiger partial charge in [-0.3, -0.25) is 9.59 Å². The number of piperidine rings is 1. The van der Waals surface area contributed by atoms with E-state index in [0.29, 0.717) is 17.3 Å². The van der Waals surface area contributed by atoms with Crippen LogP contribution >= 0.6 is 0 Å². The molecule has 1 aromatic heterocycles. The highest BCUT2D eigenvalue weighted by molar-refractivity contribution is 6.03. The predicted octanol–water partition coefficient (Wildman–Crippen LogP) is 3.27. The standard InChI is InChI=1S/C21H26N4O2/c1-15-11-13-25(14-12-15)21(27)19-6-4-5-18(23-19)20(26)22-16-7-9-17(10-8-16)24(2)3/h4-10,15H,11-14H2,1-3H3,(H,22,26). The highest BCUT2D eigenvalue weighted by Crippen LogP contribution is 2.19. The summed E-state index contributed by atoms with van der Waals surface area (Å²) in [7, 11) is 3.92. The molecule has 142 valence electrons. The molecule has 0 aliphatic carbocycles. The summed E-state index contributed by atoms with van der Waals surface area (Å²) in [5, 5.41) is 2.83. The number of carbonyl (C=O) groups is 2. The molecule has 0 spiro atoms. The van der Waals surface area contributed by atoms with E-state index in [9.17, 15) is 9.59 Å². The van der Waals surface area contributed by atoms with E-state index in [0.717, 1.165) is 31.6 Å². The van der Waals surface area contributed by atoms with Crippen molar-refractivity contribution in [3.8, 4) is 0 Å². The zero-order chi connectivity index (χ0) is 19.4. The number of hydrogen-bond donors (Lipinski definition) is 1. The molecule has 1 aliphatic rings. The zero-order valence-electron chi connectivity index (χ0n) is 16.1. The summed E-state index contributed by atoms with van der Waals surface area (Å²) in [5.41, 5.74) is 2.30. The number of likely N-dealkylation sites (tertiary alicyclic amines) is 1. The first kappa shape index (κ1) is 18.9. The van der Waals surface area contributed by atoms with Crippen LogP contribution in [0.2, 0.25) is 0 Å². The van der Waals surface area contributed by atoms with E-state index in [2.05, 4.69) is 17.2 Å². The molecule has 0 unspecified atom stereocenters. The van der Waals surface area contributed by atoms with Crippen molar-refractivity contribution in [3.63, 3.8) is 0 Å². The number of hydrogen-bond acceptors (Lipinski definition) is 4. The Morgan fingerprint density at radius 1 is 1.04 bits per heavy atom. The van der Waals surface area contributed by atoms with E-state index in [1.165, 1.54) is 0 Å². The first-order chi connectivity index (χ1) is 12.9. The Labute approximate surface area is 160 Å². The fourth-order valence-electron chi connectivity index (χ4n) is 3.09. The molecule has 3 rings (SSSR count). The number of carbonyl (C=O) groups excluding carboxylic acids is 2. The normalized spacial score (nSPS) is 14.7. The highest BCUT2D eigenvalue weighted by atomic mass is 16.2. The van der Waals surface area contributed by atoms with Gasteiger partial charge in [0.2, 0.25) is 0 Å². The number of amides is 2. The van der Waals surface area contributed by atoms with Gasteiger partial charge in [0, 0.05) is 38.6 Å². The molecular formula is C21H26N4O2. The van der Waals surface area contributed by atoms with Gasteiger partial charge >= 0.3 is 0 Å². The van der Waals surface area contributed by atoms with Crippen LogP contribution in [0, 0.1) is 5.92 Å². The predicted molar refractivity (Wildman–Crippen MR) is 107 cm³/mol. The molecule has 0 bridgehead atoms. The maximum atomic E-state index is 12.7. The van der Waals surface area contributed by atoms with E-state index in [-0.39, 0.29) is 17.5 Å². The second-order valence-corrected chi connectivity index (χ2v) is 7.28. The monoisotopic (exact) mass is 366 g/mol. The minimum atomic E-state index is -0.325. The summed E-state index contributed by atoms with van der Waals surface area (Å²) in [6.07, 6.45) is 2.02. The van der Waals surface area contributed by atoms with E-state index in [1.807, 2.05) is 48.2 Å². The molecule has 2 aromatic rings. The average Bonchev–Trinajstić information content (AvgIpc) is 2.68. The largest absolute Gasteiger partial charge is 0.378 e. The Bertz CT molecular complexity index is 809. The van der Waals surface area contributed by atoms with Gasteiger partial charge in [-0.25, -0.2) is 4.98 Å². The van der Waals surface area contributed by atoms with Crippen LogP contribution in [0.3, 0.4) is 0 Å². The lowest BCUT2D eigenvalue weighted by Crippen LogP contribution is -2.38. The lowest BCUT2D eigenvalue weighted by Gasteiger charge is -2.30. The smallest absolute Gasteiger partial charge is 0.274 e. The Morgan fingerprint density at radius 2 is 1.67 bits per heavy atom. The van der Waals surface area contributed by atoms with Gasteiger partial charge in [-0.05, 0) is 55.2 Å². The number of anilines is 2. The maximum Gasteiger partial charge on any atom is 0.274 e. The van der Waals surface area contributed by atoms with Gasteiger partial charge < -0.3 is 15.1 Å². The van der Waals surface area contributed by atoms with Crippen LogP contribution in [0.15, 0.2) is 42.5 Å². The second-order valence-electron chi connectivity index (χ2n) is 7.28. The zero-order valence-corrected chi connectivity index (χ0v) is 16.1. The Balaban J connectivity index is 1.69. The van der Waals surface area contributed by atoms with Crippen LogP contribution < -0.4 is 10.2 Å². The second kappa shape index (κ2) is 8.20. The maximum absolute atomic E-state index is 12.7. The summed E-state index contributed by atoms with van der Waals surface area (Å²) in [4.78, 5) is 33.3. The molecule has 1 fully saturated rings. The van der Waals surface area contributed by atoms with E-state index >= 15 is 0 Å². The molecule has 27 heavy (non-hydrogen) atoms. The van der Waals surface area contributed by atoms with Crippen LogP contribution in [0.25, 0.3) is 0 Å². The highest BCUT2D eigenvalue weighted by Gasteiger charge is 2.23. The van der Waals surface area contributed by atoms with Gasteiger partial charge in [0.05, 0.1) is 0 Å². The first-order valence-corrected chi connectivity index (χ1v) is 9.29. The summed E-state index contributed by atoms with van der Waals surface area (Å²) in [6, 6.07) is 12.5. The molecule has 6 nitrogen and oxygen atoms in total. The molecule has 1 saturated heterocycles. The molecule has 6 heteroatoms. The van der Waals surface area contributed by atoms with Gasteiger partial charge in [-0.15, -0.1) is 0 Å². The number of aromatic nitrogens is 1. The number of pyridine rings is 1. The SMILES string of the molecule is CC1CCN(C(=O)c2cccc(C(=O)Nc3ccc(N(C)C)cc3)n2)CC1. The van der Waals surface area contributed by atoms with Crippen LogP contribution in [0.1, 0.15) is 40.7 Å². The molecule has 2 amide bonds. The number of nitrogens with one attached hydrogen (secondary N) is 1. The van der Waals surface area contributed by atoms with Crippen molar-refractivity contribution in [3.05, 3.63) is 53.9 Å². The summed E-state index contributed by atoms with van der Waals surface area (Å²) >= 11 is 0. The van der Waals surface area contributed by atoms with Crippen molar-refractivity contribution in [1.82, 2.24) is 9.88 Å². The summed E-state index contributed by atoms with van der Waals surface area (Å²) in [6.45, 7) is 3.70. The third-order valence-corrected chi connectivity index (χ3v) is 4.91. The van der Waals surface area contributed by atoms with Crippen molar-refractivity contribution in [2.45, 2.75) is 19.8 Å². The minimum absolute atomic E-state index is 0.105. The topological polar surface area (TPSA) is 65.5 Å². The van der Waals surface area contributed by atoms with Gasteiger partial charge in [-0.2, -0.15) is 0 Å². The van der Waals surface area contributed by atoms with E-state index < -0.39 is 0 Å². The minimum Gasteiger partial charge on any atom is -0.378 e. The quantitative estimate of drug-likeness (QED) is 0.902. The Kier molecular flexibility index (Phi) is 5.74. The van der Waals surface area contributed by atoms with Gasteiger partial charge in [0.25, 0.3) is 11.8 Å². The molecule has 1 N–H and O–H groups in total. The van der Waals surface area contributed by atoms with Gasteiger partial charge in [-0.1, -0.05) is 13.0 Å². The third kappa shape index (κ3) is 4.64. The summed E-state index contributed by atoms with van der Waals surface area (Å²) < 4.78 is 0. The van der Waals surface area contributed by atoms with Gasteiger partial charge in [0.15, 0.2) is 0 Å². The van der Waals surface area contributed by atoms with Gasteiger partial charge in [0.1, 0.15) is 11.4 Å². The molecule has 0 radical (unpaired) electrons. The number of nitrogens with zero attached hydrogens (tertiary/aromatic N) is 3. The number of benzene rings is 1. The Hall–Kier alpha value is -2.89. The third-order valence-electron chi connectivity index (χ3n) is 4.91. The van der Waals surface area contributed by atoms with Crippen LogP contribution in [0.4, 0.5) is 11.4 Å². The van der Waals surface area contributed by atoms with E-state index in [4.69, 9.17) is 0 Å². The fourth-order valence-corrected chi connectivity index (χ4v) is 3.09.